The van der Waals surface area contributed by atoms with Gasteiger partial charge in [-0.25, -0.2) is 0 Å². The Balaban J connectivity index is 1.59. The van der Waals surface area contributed by atoms with Crippen LogP contribution in [0.15, 0.2) is 54.7 Å². The van der Waals surface area contributed by atoms with Crippen molar-refractivity contribution in [2.45, 2.75) is 26.4 Å². The highest BCUT2D eigenvalue weighted by molar-refractivity contribution is 6.21. The number of aromatic nitrogens is 1. The summed E-state index contributed by atoms with van der Waals surface area (Å²) in [4.78, 5) is 32.2. The van der Waals surface area contributed by atoms with Gasteiger partial charge in [-0.05, 0) is 44.0 Å². The molecule has 2 heterocycles. The average molecular weight is 348 g/mol. The highest BCUT2D eigenvalue weighted by atomic mass is 16.7. The Morgan fingerprint density at radius 2 is 1.54 bits per heavy atom. The lowest BCUT2D eigenvalue weighted by molar-refractivity contribution is 0.0655. The third-order valence-electron chi connectivity index (χ3n) is 4.57. The molecule has 2 amide bonds. The standard InChI is InChI=1S/C21H20N2O3/c1-14(2)26-23-13-15(16-7-5-6-10-19(16)23)11-12-22-20(24)17-8-3-4-9-18(17)21(22)25/h3-10,13-14H,11-12H2,1-2H3. The van der Waals surface area contributed by atoms with Crippen LogP contribution in [0.25, 0.3) is 10.9 Å². The molecule has 0 bridgehead atoms. The van der Waals surface area contributed by atoms with Crippen molar-refractivity contribution in [2.75, 3.05) is 6.54 Å². The summed E-state index contributed by atoms with van der Waals surface area (Å²) in [6.07, 6.45) is 2.58. The van der Waals surface area contributed by atoms with Gasteiger partial charge in [-0.3, -0.25) is 14.5 Å². The second-order valence-corrected chi connectivity index (χ2v) is 6.71. The molecule has 0 unspecified atom stereocenters. The van der Waals surface area contributed by atoms with Crippen molar-refractivity contribution >= 4 is 22.7 Å². The Labute approximate surface area is 151 Å². The molecule has 1 aromatic heterocycles. The Hall–Kier alpha value is -3.08. The van der Waals surface area contributed by atoms with Crippen molar-refractivity contribution in [3.63, 3.8) is 0 Å². The van der Waals surface area contributed by atoms with E-state index < -0.39 is 0 Å². The minimum absolute atomic E-state index is 0.0508. The Kier molecular flexibility index (Phi) is 3.99. The number of benzene rings is 2. The van der Waals surface area contributed by atoms with E-state index in [9.17, 15) is 9.59 Å². The molecule has 0 saturated heterocycles. The molecule has 4 rings (SSSR count). The number of carbonyl (C=O) groups excluding carboxylic acids is 2. The van der Waals surface area contributed by atoms with Crippen LogP contribution in [0, 0.1) is 0 Å². The summed E-state index contributed by atoms with van der Waals surface area (Å²) >= 11 is 0. The summed E-state index contributed by atoms with van der Waals surface area (Å²) in [7, 11) is 0. The Bertz CT molecular complexity index is 968. The quantitative estimate of drug-likeness (QED) is 0.665. The van der Waals surface area contributed by atoms with Gasteiger partial charge in [0.25, 0.3) is 11.8 Å². The second kappa shape index (κ2) is 6.33. The third-order valence-corrected chi connectivity index (χ3v) is 4.57. The lowest BCUT2D eigenvalue weighted by Crippen LogP contribution is -2.31. The first-order valence-electron chi connectivity index (χ1n) is 8.77. The van der Waals surface area contributed by atoms with Crippen LogP contribution in [-0.4, -0.2) is 34.1 Å². The number of para-hydroxylation sites is 1. The summed E-state index contributed by atoms with van der Waals surface area (Å²) < 4.78 is 1.78. The monoisotopic (exact) mass is 348 g/mol. The van der Waals surface area contributed by atoms with E-state index >= 15 is 0 Å². The average Bonchev–Trinajstić information content (AvgIpc) is 3.10. The maximum absolute atomic E-state index is 12.5. The number of amides is 2. The molecule has 26 heavy (non-hydrogen) atoms. The molecule has 5 nitrogen and oxygen atoms in total. The highest BCUT2D eigenvalue weighted by Crippen LogP contribution is 2.25. The molecule has 0 spiro atoms. The number of imide groups is 1. The van der Waals surface area contributed by atoms with Crippen LogP contribution in [-0.2, 0) is 6.42 Å². The first-order chi connectivity index (χ1) is 12.6. The summed E-state index contributed by atoms with van der Waals surface area (Å²) in [6.45, 7) is 4.31. The van der Waals surface area contributed by atoms with Crippen molar-refractivity contribution in [1.29, 1.82) is 0 Å². The van der Waals surface area contributed by atoms with Crippen molar-refractivity contribution in [1.82, 2.24) is 9.63 Å². The molecule has 1 aliphatic rings. The minimum atomic E-state index is -0.215. The summed E-state index contributed by atoms with van der Waals surface area (Å²) in [5.41, 5.74) is 3.02. The van der Waals surface area contributed by atoms with Gasteiger partial charge in [0, 0.05) is 18.1 Å². The van der Waals surface area contributed by atoms with Crippen molar-refractivity contribution < 1.29 is 14.4 Å². The molecule has 0 aliphatic carbocycles. The van der Waals surface area contributed by atoms with Crippen molar-refractivity contribution in [3.8, 4) is 0 Å². The maximum Gasteiger partial charge on any atom is 0.261 e. The van der Waals surface area contributed by atoms with E-state index in [1.807, 2.05) is 44.3 Å². The van der Waals surface area contributed by atoms with E-state index in [0.717, 1.165) is 16.5 Å². The van der Waals surface area contributed by atoms with Gasteiger partial charge < -0.3 is 4.84 Å². The normalized spacial score (nSPS) is 13.7. The third kappa shape index (κ3) is 2.65. The fourth-order valence-corrected chi connectivity index (χ4v) is 3.41. The Morgan fingerprint density at radius 1 is 0.923 bits per heavy atom. The zero-order chi connectivity index (χ0) is 18.3. The number of fused-ring (bicyclic) bond motifs is 2. The molecule has 5 heteroatoms. The zero-order valence-electron chi connectivity index (χ0n) is 14.8. The lowest BCUT2D eigenvalue weighted by atomic mass is 10.1. The second-order valence-electron chi connectivity index (χ2n) is 6.71. The van der Waals surface area contributed by atoms with Gasteiger partial charge >= 0.3 is 0 Å². The van der Waals surface area contributed by atoms with E-state index in [1.54, 1.807) is 29.0 Å². The largest absolute Gasteiger partial charge is 0.411 e. The fraction of sp³-hybridized carbons (Fsp3) is 0.238. The predicted molar refractivity (Wildman–Crippen MR) is 99.2 cm³/mol. The Morgan fingerprint density at radius 3 is 2.19 bits per heavy atom. The molecule has 1 aliphatic heterocycles. The minimum Gasteiger partial charge on any atom is -0.411 e. The molecule has 0 saturated carbocycles. The van der Waals surface area contributed by atoms with Crippen LogP contribution in [0.2, 0.25) is 0 Å². The van der Waals surface area contributed by atoms with Crippen molar-refractivity contribution in [2.24, 2.45) is 0 Å². The van der Waals surface area contributed by atoms with Gasteiger partial charge in [0.2, 0.25) is 0 Å². The summed E-state index contributed by atoms with van der Waals surface area (Å²) in [5.74, 6) is -0.430. The molecule has 132 valence electrons. The number of rotatable bonds is 5. The first kappa shape index (κ1) is 16.4. The van der Waals surface area contributed by atoms with Crippen LogP contribution in [0.1, 0.15) is 40.1 Å². The molecular formula is C21H20N2O3. The van der Waals surface area contributed by atoms with Crippen LogP contribution in [0.4, 0.5) is 0 Å². The van der Waals surface area contributed by atoms with Crippen LogP contribution in [0.5, 0.6) is 0 Å². The van der Waals surface area contributed by atoms with Gasteiger partial charge in [0.05, 0.1) is 16.6 Å². The molecular weight excluding hydrogens is 328 g/mol. The molecule has 2 aromatic carbocycles. The summed E-state index contributed by atoms with van der Waals surface area (Å²) in [5, 5.41) is 1.07. The highest BCUT2D eigenvalue weighted by Gasteiger charge is 2.34. The molecule has 0 atom stereocenters. The zero-order valence-corrected chi connectivity index (χ0v) is 14.8. The molecule has 3 aromatic rings. The van der Waals surface area contributed by atoms with Gasteiger partial charge in [-0.1, -0.05) is 30.3 Å². The van der Waals surface area contributed by atoms with Gasteiger partial charge in [0.15, 0.2) is 0 Å². The molecule has 0 fully saturated rings. The van der Waals surface area contributed by atoms with Crippen LogP contribution in [0.3, 0.4) is 0 Å². The van der Waals surface area contributed by atoms with Gasteiger partial charge in [-0.2, -0.15) is 4.73 Å². The fourth-order valence-electron chi connectivity index (χ4n) is 3.41. The smallest absolute Gasteiger partial charge is 0.261 e. The number of carbonyl (C=O) groups is 2. The number of hydrogen-bond acceptors (Lipinski definition) is 3. The maximum atomic E-state index is 12.5. The van der Waals surface area contributed by atoms with Gasteiger partial charge in [0.1, 0.15) is 6.10 Å². The topological polar surface area (TPSA) is 51.5 Å². The number of hydrogen-bond donors (Lipinski definition) is 0. The molecule has 0 N–H and O–H groups in total. The SMILES string of the molecule is CC(C)On1cc(CCN2C(=O)c3ccccc3C2=O)c2ccccc21. The van der Waals surface area contributed by atoms with Crippen LogP contribution < -0.4 is 4.84 Å². The van der Waals surface area contributed by atoms with E-state index in [2.05, 4.69) is 0 Å². The number of nitrogens with zero attached hydrogens (tertiary/aromatic N) is 2. The summed E-state index contributed by atoms with van der Waals surface area (Å²) in [6, 6.07) is 15.0. The van der Waals surface area contributed by atoms with E-state index in [-0.39, 0.29) is 17.9 Å². The van der Waals surface area contributed by atoms with E-state index in [0.29, 0.717) is 24.1 Å². The lowest BCUT2D eigenvalue weighted by Gasteiger charge is -2.13. The van der Waals surface area contributed by atoms with E-state index in [1.165, 1.54) is 4.90 Å². The van der Waals surface area contributed by atoms with Crippen molar-refractivity contribution in [3.05, 3.63) is 71.4 Å². The molecule has 0 radical (unpaired) electrons. The predicted octanol–water partition coefficient (Wildman–Crippen LogP) is 3.32. The van der Waals surface area contributed by atoms with E-state index in [4.69, 9.17) is 4.84 Å². The van der Waals surface area contributed by atoms with Gasteiger partial charge in [-0.15, -0.1) is 0 Å². The first-order valence-corrected chi connectivity index (χ1v) is 8.77. The van der Waals surface area contributed by atoms with Crippen LogP contribution >= 0.6 is 0 Å².